The van der Waals surface area contributed by atoms with Gasteiger partial charge in [-0.3, -0.25) is 9.47 Å². The lowest BCUT2D eigenvalue weighted by Gasteiger charge is -2.25. The van der Waals surface area contributed by atoms with E-state index in [1.807, 2.05) is 13.0 Å². The Bertz CT molecular complexity index is 2620. The van der Waals surface area contributed by atoms with E-state index in [-0.39, 0.29) is 0 Å². The second-order valence-electron chi connectivity index (χ2n) is 12.8. The molecule has 0 aliphatic carbocycles. The van der Waals surface area contributed by atoms with Crippen molar-refractivity contribution in [3.05, 3.63) is 151 Å². The maximum Gasteiger partial charge on any atom is 0.141 e. The zero-order valence-corrected chi connectivity index (χ0v) is 28.3. The Kier molecular flexibility index (Phi) is 6.99. The van der Waals surface area contributed by atoms with Crippen LogP contribution in [0.15, 0.2) is 140 Å². The highest BCUT2D eigenvalue weighted by Crippen LogP contribution is 2.42. The first-order valence-corrected chi connectivity index (χ1v) is 17.5. The Morgan fingerprint density at radius 2 is 1.29 bits per heavy atom. The van der Waals surface area contributed by atoms with Crippen LogP contribution in [-0.4, -0.2) is 19.5 Å². The number of hydrogen-bond acceptors (Lipinski definition) is 5. The summed E-state index contributed by atoms with van der Waals surface area (Å²) in [6.45, 7) is 6.53. The molecule has 0 N–H and O–H groups in total. The van der Waals surface area contributed by atoms with Crippen molar-refractivity contribution in [2.24, 2.45) is 0 Å². The monoisotopic (exact) mass is 651 g/mol. The molecule has 236 valence electrons. The van der Waals surface area contributed by atoms with Gasteiger partial charge in [0.2, 0.25) is 0 Å². The van der Waals surface area contributed by atoms with Crippen molar-refractivity contribution in [1.82, 2.24) is 19.5 Å². The standard InChI is InChI=1S/C43H33N5S/c1-27(2)29-25-36(35-18-11-17-33-34-24-23-28(3)44-43(34)49-42(33)35)45-41(26-29)47(30-13-5-4-6-14-30)39-21-12-22-40(46-39)48-37-19-9-7-15-31(37)32-16-8-10-20-38(32)48/h4-27H,1-3H3. The lowest BCUT2D eigenvalue weighted by Crippen LogP contribution is -2.15. The van der Waals surface area contributed by atoms with Crippen molar-refractivity contribution in [2.75, 3.05) is 4.90 Å². The van der Waals surface area contributed by atoms with E-state index in [9.17, 15) is 0 Å². The Morgan fingerprint density at radius 1 is 0.592 bits per heavy atom. The van der Waals surface area contributed by atoms with Gasteiger partial charge in [0.1, 0.15) is 22.3 Å². The van der Waals surface area contributed by atoms with Gasteiger partial charge in [0.05, 0.1) is 16.7 Å². The molecule has 4 aromatic carbocycles. The van der Waals surface area contributed by atoms with Crippen LogP contribution in [0.2, 0.25) is 0 Å². The van der Waals surface area contributed by atoms with Gasteiger partial charge in [-0.15, -0.1) is 11.3 Å². The first-order valence-electron chi connectivity index (χ1n) is 16.7. The van der Waals surface area contributed by atoms with E-state index < -0.39 is 0 Å². The van der Waals surface area contributed by atoms with Gasteiger partial charge >= 0.3 is 0 Å². The molecule has 0 saturated carbocycles. The fourth-order valence-corrected chi connectivity index (χ4v) is 8.13. The summed E-state index contributed by atoms with van der Waals surface area (Å²) in [5, 5.41) is 4.82. The lowest BCUT2D eigenvalue weighted by molar-refractivity contribution is 0.862. The number of rotatable bonds is 6. The summed E-state index contributed by atoms with van der Waals surface area (Å²) in [4.78, 5) is 18.9. The molecule has 9 aromatic rings. The van der Waals surface area contributed by atoms with E-state index >= 15 is 0 Å². The molecule has 0 saturated heterocycles. The molecule has 0 amide bonds. The molecule has 0 aliphatic rings. The first kappa shape index (κ1) is 29.3. The zero-order chi connectivity index (χ0) is 33.1. The number of nitrogens with zero attached hydrogens (tertiary/aromatic N) is 5. The van der Waals surface area contributed by atoms with Crippen LogP contribution in [0.5, 0.6) is 0 Å². The number of benzene rings is 4. The number of para-hydroxylation sites is 3. The number of aromatic nitrogens is 4. The van der Waals surface area contributed by atoms with Crippen LogP contribution in [0.3, 0.4) is 0 Å². The van der Waals surface area contributed by atoms with E-state index in [2.05, 4.69) is 157 Å². The van der Waals surface area contributed by atoms with Crippen LogP contribution >= 0.6 is 11.3 Å². The molecule has 6 heteroatoms. The number of fused-ring (bicyclic) bond motifs is 6. The molecule has 0 unspecified atom stereocenters. The van der Waals surface area contributed by atoms with Gasteiger partial charge in [-0.25, -0.2) is 15.0 Å². The molecule has 5 aromatic heterocycles. The predicted octanol–water partition coefficient (Wildman–Crippen LogP) is 11.9. The molecule has 0 fully saturated rings. The Labute approximate surface area is 288 Å². The van der Waals surface area contributed by atoms with E-state index in [1.54, 1.807) is 11.3 Å². The molecule has 0 spiro atoms. The molecule has 0 radical (unpaired) electrons. The summed E-state index contributed by atoms with van der Waals surface area (Å²) in [6, 6.07) is 49.1. The molecular formula is C43H33N5S. The second-order valence-corrected chi connectivity index (χ2v) is 13.8. The van der Waals surface area contributed by atoms with E-state index in [4.69, 9.17) is 15.0 Å². The average molecular weight is 652 g/mol. The Hall–Kier alpha value is -5.85. The number of thiophene rings is 1. The fourth-order valence-electron chi connectivity index (χ4n) is 6.89. The summed E-state index contributed by atoms with van der Waals surface area (Å²) >= 11 is 1.74. The molecule has 0 aliphatic heterocycles. The number of anilines is 3. The Balaban J connectivity index is 1.26. The molecule has 5 nitrogen and oxygen atoms in total. The molecule has 5 heterocycles. The predicted molar refractivity (Wildman–Crippen MR) is 206 cm³/mol. The minimum absolute atomic E-state index is 0.293. The van der Waals surface area contributed by atoms with E-state index in [0.29, 0.717) is 5.92 Å². The molecule has 9 rings (SSSR count). The zero-order valence-electron chi connectivity index (χ0n) is 27.5. The van der Waals surface area contributed by atoms with Crippen molar-refractivity contribution in [3.63, 3.8) is 0 Å². The average Bonchev–Trinajstić information content (AvgIpc) is 3.67. The SMILES string of the molecule is Cc1ccc2c(n1)sc1c(-c3cc(C(C)C)cc(N(c4ccccc4)c4cccc(-n5c6ccccc6c6ccccc65)n4)n3)cccc12. The van der Waals surface area contributed by atoms with Crippen LogP contribution in [0.1, 0.15) is 31.0 Å². The van der Waals surface area contributed by atoms with Crippen molar-refractivity contribution in [1.29, 1.82) is 0 Å². The summed E-state index contributed by atoms with van der Waals surface area (Å²) < 4.78 is 3.46. The number of hydrogen-bond donors (Lipinski definition) is 0. The quantitative estimate of drug-likeness (QED) is 0.179. The van der Waals surface area contributed by atoms with Gasteiger partial charge < -0.3 is 0 Å². The van der Waals surface area contributed by atoms with Crippen molar-refractivity contribution >= 4 is 70.8 Å². The van der Waals surface area contributed by atoms with E-state index in [1.165, 1.54) is 31.8 Å². The largest absolute Gasteiger partial charge is 0.294 e. The van der Waals surface area contributed by atoms with Crippen molar-refractivity contribution in [3.8, 4) is 17.1 Å². The van der Waals surface area contributed by atoms with Crippen molar-refractivity contribution in [2.45, 2.75) is 26.7 Å². The lowest BCUT2D eigenvalue weighted by atomic mass is 10.00. The number of aryl methyl sites for hydroxylation is 1. The van der Waals surface area contributed by atoms with Gasteiger partial charge in [-0.2, -0.15) is 0 Å². The van der Waals surface area contributed by atoms with Crippen LogP contribution in [0.4, 0.5) is 17.3 Å². The smallest absolute Gasteiger partial charge is 0.141 e. The third-order valence-corrected chi connectivity index (χ3v) is 10.4. The van der Waals surface area contributed by atoms with Crippen molar-refractivity contribution < 1.29 is 0 Å². The maximum absolute atomic E-state index is 5.43. The van der Waals surface area contributed by atoms with Gasteiger partial charge in [-0.05, 0) is 79.1 Å². The number of pyridine rings is 3. The molecular weight excluding hydrogens is 619 g/mol. The van der Waals surface area contributed by atoms with Crippen LogP contribution in [-0.2, 0) is 0 Å². The Morgan fingerprint density at radius 3 is 2.04 bits per heavy atom. The van der Waals surface area contributed by atoms with Gasteiger partial charge in [-0.1, -0.05) is 92.7 Å². The first-order chi connectivity index (χ1) is 24.0. The summed E-state index contributed by atoms with van der Waals surface area (Å²) in [5.74, 6) is 2.77. The molecule has 0 bridgehead atoms. The highest BCUT2D eigenvalue weighted by atomic mass is 32.1. The van der Waals surface area contributed by atoms with Crippen LogP contribution in [0, 0.1) is 6.92 Å². The van der Waals surface area contributed by atoms with Crippen LogP contribution < -0.4 is 4.90 Å². The summed E-state index contributed by atoms with van der Waals surface area (Å²) in [6.07, 6.45) is 0. The van der Waals surface area contributed by atoms with Crippen LogP contribution in [0.25, 0.3) is 59.2 Å². The van der Waals surface area contributed by atoms with Gasteiger partial charge in [0.15, 0.2) is 0 Å². The van der Waals surface area contributed by atoms with E-state index in [0.717, 1.165) is 56.0 Å². The van der Waals surface area contributed by atoms with Gasteiger partial charge in [0.25, 0.3) is 0 Å². The minimum atomic E-state index is 0.293. The summed E-state index contributed by atoms with van der Waals surface area (Å²) in [5.41, 5.74) is 7.54. The van der Waals surface area contributed by atoms with Gasteiger partial charge in [0, 0.05) is 43.2 Å². The highest BCUT2D eigenvalue weighted by molar-refractivity contribution is 7.26. The topological polar surface area (TPSA) is 46.8 Å². The molecule has 49 heavy (non-hydrogen) atoms. The maximum atomic E-state index is 5.43. The normalized spacial score (nSPS) is 11.8. The third-order valence-electron chi connectivity index (χ3n) is 9.28. The highest BCUT2D eigenvalue weighted by Gasteiger charge is 2.21. The third kappa shape index (κ3) is 4.95. The fraction of sp³-hybridized carbons (Fsp3) is 0.0930. The molecule has 0 atom stereocenters. The minimum Gasteiger partial charge on any atom is -0.294 e. The summed E-state index contributed by atoms with van der Waals surface area (Å²) in [7, 11) is 0. The second kappa shape index (κ2) is 11.7.